The number of fused-ring (bicyclic) bond motifs is 1. The van der Waals surface area contributed by atoms with Gasteiger partial charge in [-0.1, -0.05) is 15.9 Å². The molecule has 1 aliphatic heterocycles. The number of hydrogen-bond donors (Lipinski definition) is 2. The number of rotatable bonds is 4. The number of carboxylic acids is 1. The molecule has 0 radical (unpaired) electrons. The molecule has 0 spiro atoms. The maximum absolute atomic E-state index is 11.9. The van der Waals surface area contributed by atoms with Crippen molar-refractivity contribution in [3.8, 4) is 5.75 Å². The molecular formula is C12H12BrNO4. The van der Waals surface area contributed by atoms with Crippen molar-refractivity contribution in [2.45, 2.75) is 12.3 Å². The van der Waals surface area contributed by atoms with Crippen molar-refractivity contribution in [3.63, 3.8) is 0 Å². The fourth-order valence-corrected chi connectivity index (χ4v) is 2.20. The highest BCUT2D eigenvalue weighted by Gasteiger charge is 2.30. The molecule has 0 bridgehead atoms. The highest BCUT2D eigenvalue weighted by Crippen LogP contribution is 2.35. The van der Waals surface area contributed by atoms with Crippen molar-refractivity contribution >= 4 is 27.8 Å². The SMILES string of the molecule is O=C(O)CCNC(=O)C1COc2ccc(Br)cc21. The van der Waals surface area contributed by atoms with Crippen LogP contribution in [0.4, 0.5) is 0 Å². The van der Waals surface area contributed by atoms with Gasteiger partial charge in [-0.05, 0) is 18.2 Å². The second kappa shape index (κ2) is 5.39. The number of halogens is 1. The van der Waals surface area contributed by atoms with Gasteiger partial charge >= 0.3 is 5.97 Å². The van der Waals surface area contributed by atoms with E-state index in [-0.39, 0.29) is 24.8 Å². The molecule has 0 aliphatic carbocycles. The van der Waals surface area contributed by atoms with Crippen LogP contribution < -0.4 is 10.1 Å². The fraction of sp³-hybridized carbons (Fsp3) is 0.333. The summed E-state index contributed by atoms with van der Waals surface area (Å²) in [7, 11) is 0. The van der Waals surface area contributed by atoms with Crippen LogP contribution in [-0.2, 0) is 9.59 Å². The van der Waals surface area contributed by atoms with E-state index in [4.69, 9.17) is 9.84 Å². The third-order valence-electron chi connectivity index (χ3n) is 2.71. The van der Waals surface area contributed by atoms with Crippen molar-refractivity contribution in [3.05, 3.63) is 28.2 Å². The van der Waals surface area contributed by atoms with Crippen molar-refractivity contribution in [2.75, 3.05) is 13.2 Å². The quantitative estimate of drug-likeness (QED) is 0.883. The molecule has 0 fully saturated rings. The zero-order valence-electron chi connectivity index (χ0n) is 9.48. The van der Waals surface area contributed by atoms with E-state index < -0.39 is 5.97 Å². The molecular weight excluding hydrogens is 302 g/mol. The first kappa shape index (κ1) is 12.9. The van der Waals surface area contributed by atoms with Gasteiger partial charge in [-0.2, -0.15) is 0 Å². The first-order valence-corrected chi connectivity index (χ1v) is 6.29. The molecule has 2 rings (SSSR count). The van der Waals surface area contributed by atoms with Crippen LogP contribution in [0.25, 0.3) is 0 Å². The maximum atomic E-state index is 11.9. The number of aliphatic carboxylic acids is 1. The number of carbonyl (C=O) groups excluding carboxylic acids is 1. The predicted octanol–water partition coefficient (Wildman–Crippen LogP) is 1.52. The Morgan fingerprint density at radius 1 is 1.50 bits per heavy atom. The Morgan fingerprint density at radius 3 is 3.00 bits per heavy atom. The number of ether oxygens (including phenoxy) is 1. The highest BCUT2D eigenvalue weighted by molar-refractivity contribution is 9.10. The van der Waals surface area contributed by atoms with Gasteiger partial charge in [0.05, 0.1) is 6.42 Å². The second-order valence-electron chi connectivity index (χ2n) is 3.98. The molecule has 0 saturated carbocycles. The van der Waals surface area contributed by atoms with Crippen LogP contribution in [0.15, 0.2) is 22.7 Å². The van der Waals surface area contributed by atoms with Crippen LogP contribution in [0.3, 0.4) is 0 Å². The van der Waals surface area contributed by atoms with E-state index >= 15 is 0 Å². The number of nitrogens with one attached hydrogen (secondary N) is 1. The minimum atomic E-state index is -0.930. The molecule has 1 aliphatic rings. The zero-order chi connectivity index (χ0) is 13.1. The highest BCUT2D eigenvalue weighted by atomic mass is 79.9. The predicted molar refractivity (Wildman–Crippen MR) is 67.6 cm³/mol. The molecule has 1 amide bonds. The molecule has 1 aromatic rings. The summed E-state index contributed by atoms with van der Waals surface area (Å²) in [4.78, 5) is 22.3. The Morgan fingerprint density at radius 2 is 2.28 bits per heavy atom. The van der Waals surface area contributed by atoms with Gasteiger partial charge in [-0.3, -0.25) is 9.59 Å². The summed E-state index contributed by atoms with van der Waals surface area (Å²) >= 11 is 3.35. The van der Waals surface area contributed by atoms with Gasteiger partial charge in [0.2, 0.25) is 5.91 Å². The number of carbonyl (C=O) groups is 2. The number of carboxylic acid groups (broad SMARTS) is 1. The third kappa shape index (κ3) is 2.81. The normalized spacial score (nSPS) is 16.8. The van der Waals surface area contributed by atoms with Gasteiger partial charge in [0.25, 0.3) is 0 Å². The van der Waals surface area contributed by atoms with Crippen LogP contribution in [0, 0.1) is 0 Å². The van der Waals surface area contributed by atoms with Gasteiger partial charge in [0.15, 0.2) is 0 Å². The van der Waals surface area contributed by atoms with Crippen molar-refractivity contribution in [1.29, 1.82) is 0 Å². The molecule has 18 heavy (non-hydrogen) atoms. The van der Waals surface area contributed by atoms with E-state index in [9.17, 15) is 9.59 Å². The zero-order valence-corrected chi connectivity index (χ0v) is 11.1. The first-order valence-electron chi connectivity index (χ1n) is 5.49. The van der Waals surface area contributed by atoms with Crippen LogP contribution in [-0.4, -0.2) is 30.1 Å². The van der Waals surface area contributed by atoms with Crippen LogP contribution in [0.2, 0.25) is 0 Å². The lowest BCUT2D eigenvalue weighted by Crippen LogP contribution is -2.31. The molecule has 1 atom stereocenters. The van der Waals surface area contributed by atoms with Gasteiger partial charge in [-0.25, -0.2) is 0 Å². The number of benzene rings is 1. The molecule has 2 N–H and O–H groups in total. The molecule has 5 nitrogen and oxygen atoms in total. The monoisotopic (exact) mass is 313 g/mol. The first-order chi connectivity index (χ1) is 8.58. The van der Waals surface area contributed by atoms with E-state index in [1.54, 1.807) is 0 Å². The summed E-state index contributed by atoms with van der Waals surface area (Å²) in [5.41, 5.74) is 0.831. The largest absolute Gasteiger partial charge is 0.492 e. The smallest absolute Gasteiger partial charge is 0.305 e. The maximum Gasteiger partial charge on any atom is 0.305 e. The van der Waals surface area contributed by atoms with Crippen LogP contribution >= 0.6 is 15.9 Å². The summed E-state index contributed by atoms with van der Waals surface area (Å²) in [5, 5.41) is 11.1. The van der Waals surface area contributed by atoms with E-state index in [0.717, 1.165) is 10.0 Å². The lowest BCUT2D eigenvalue weighted by molar-refractivity contribution is -0.136. The minimum absolute atomic E-state index is 0.0787. The van der Waals surface area contributed by atoms with Gasteiger partial charge in [0, 0.05) is 16.6 Å². The van der Waals surface area contributed by atoms with E-state index in [1.165, 1.54) is 0 Å². The number of amides is 1. The topological polar surface area (TPSA) is 75.6 Å². The average Bonchev–Trinajstić information content (AvgIpc) is 2.71. The molecule has 0 saturated heterocycles. The summed E-state index contributed by atoms with van der Waals surface area (Å²) in [6.07, 6.45) is -0.0787. The molecule has 6 heteroatoms. The summed E-state index contributed by atoms with van der Waals surface area (Å²) < 4.78 is 6.30. The minimum Gasteiger partial charge on any atom is -0.492 e. The lowest BCUT2D eigenvalue weighted by atomic mass is 10.0. The summed E-state index contributed by atoms with van der Waals surface area (Å²) in [6.45, 7) is 0.429. The van der Waals surface area contributed by atoms with Crippen LogP contribution in [0.5, 0.6) is 5.75 Å². The lowest BCUT2D eigenvalue weighted by Gasteiger charge is -2.09. The van der Waals surface area contributed by atoms with Crippen molar-refractivity contribution < 1.29 is 19.4 Å². The molecule has 0 aromatic heterocycles. The molecule has 1 aromatic carbocycles. The number of hydrogen-bond acceptors (Lipinski definition) is 3. The van der Waals surface area contributed by atoms with Crippen LogP contribution in [0.1, 0.15) is 17.9 Å². The van der Waals surface area contributed by atoms with Crippen molar-refractivity contribution in [2.24, 2.45) is 0 Å². The molecule has 1 heterocycles. The second-order valence-corrected chi connectivity index (χ2v) is 4.90. The van der Waals surface area contributed by atoms with Crippen molar-refractivity contribution in [1.82, 2.24) is 5.32 Å². The van der Waals surface area contributed by atoms with E-state index in [0.29, 0.717) is 12.4 Å². The Kier molecular flexibility index (Phi) is 3.86. The van der Waals surface area contributed by atoms with Gasteiger partial charge in [-0.15, -0.1) is 0 Å². The molecule has 1 unspecified atom stereocenters. The summed E-state index contributed by atoms with van der Waals surface area (Å²) in [5.74, 6) is -0.794. The standard InChI is InChI=1S/C12H12BrNO4/c13-7-1-2-10-8(5-7)9(6-18-10)12(17)14-4-3-11(15)16/h1-2,5,9H,3-4,6H2,(H,14,17)(H,15,16). The fourth-order valence-electron chi connectivity index (χ4n) is 1.82. The third-order valence-corrected chi connectivity index (χ3v) is 3.20. The Bertz CT molecular complexity index is 489. The van der Waals surface area contributed by atoms with Gasteiger partial charge in [0.1, 0.15) is 18.3 Å². The van der Waals surface area contributed by atoms with Gasteiger partial charge < -0.3 is 15.2 Å². The average molecular weight is 314 g/mol. The summed E-state index contributed by atoms with van der Waals surface area (Å²) in [6, 6.07) is 5.51. The Labute approximate surface area is 112 Å². The molecule has 96 valence electrons. The Balaban J connectivity index is 2.02. The van der Waals surface area contributed by atoms with E-state index in [1.807, 2.05) is 18.2 Å². The van der Waals surface area contributed by atoms with E-state index in [2.05, 4.69) is 21.2 Å². The Hall–Kier alpha value is -1.56.